The Morgan fingerprint density at radius 1 is 1.29 bits per heavy atom. The predicted molar refractivity (Wildman–Crippen MR) is 56.4 cm³/mol. The molecular formula is C11H15N2O. The first kappa shape index (κ1) is 9.34. The number of nitrogens with zero attached hydrogens (tertiary/aromatic N) is 1. The molecule has 1 aliphatic heterocycles. The standard InChI is InChI=1S/C11H15N2O/c12-9-2-1-3-11(8-9)14-10-4-6-13-7-5-10/h1-3,8,10H,4-7,12H2. The van der Waals surface area contributed by atoms with Crippen molar-refractivity contribution >= 4 is 5.69 Å². The Hall–Kier alpha value is -1.22. The Morgan fingerprint density at radius 3 is 2.79 bits per heavy atom. The smallest absolute Gasteiger partial charge is 0.121 e. The van der Waals surface area contributed by atoms with Crippen molar-refractivity contribution in [2.45, 2.75) is 18.9 Å². The minimum Gasteiger partial charge on any atom is -0.490 e. The highest BCUT2D eigenvalue weighted by Gasteiger charge is 2.14. The van der Waals surface area contributed by atoms with Crippen LogP contribution in [0.15, 0.2) is 24.3 Å². The zero-order valence-corrected chi connectivity index (χ0v) is 8.15. The largest absolute Gasteiger partial charge is 0.490 e. The van der Waals surface area contributed by atoms with E-state index >= 15 is 0 Å². The van der Waals surface area contributed by atoms with Crippen molar-refractivity contribution in [2.24, 2.45) is 0 Å². The van der Waals surface area contributed by atoms with E-state index < -0.39 is 0 Å². The summed E-state index contributed by atoms with van der Waals surface area (Å²) in [5.74, 6) is 0.872. The fourth-order valence-electron chi connectivity index (χ4n) is 1.62. The number of hydrogen-bond acceptors (Lipinski definition) is 2. The van der Waals surface area contributed by atoms with Gasteiger partial charge >= 0.3 is 0 Å². The minimum absolute atomic E-state index is 0.314. The van der Waals surface area contributed by atoms with Crippen LogP contribution < -0.4 is 15.8 Å². The van der Waals surface area contributed by atoms with Gasteiger partial charge in [0.1, 0.15) is 11.9 Å². The fourth-order valence-corrected chi connectivity index (χ4v) is 1.62. The van der Waals surface area contributed by atoms with Crippen LogP contribution in [0.1, 0.15) is 12.8 Å². The lowest BCUT2D eigenvalue weighted by atomic mass is 10.1. The van der Waals surface area contributed by atoms with E-state index in [2.05, 4.69) is 5.32 Å². The van der Waals surface area contributed by atoms with E-state index in [4.69, 9.17) is 10.5 Å². The number of anilines is 1. The molecule has 3 heteroatoms. The molecule has 0 saturated carbocycles. The summed E-state index contributed by atoms with van der Waals surface area (Å²) in [5.41, 5.74) is 6.42. The molecule has 1 radical (unpaired) electrons. The van der Waals surface area contributed by atoms with Crippen molar-refractivity contribution < 1.29 is 4.74 Å². The maximum Gasteiger partial charge on any atom is 0.121 e. The lowest BCUT2D eigenvalue weighted by molar-refractivity contribution is 0.161. The van der Waals surface area contributed by atoms with Crippen molar-refractivity contribution in [3.05, 3.63) is 24.3 Å². The highest BCUT2D eigenvalue weighted by molar-refractivity contribution is 5.43. The number of ether oxygens (including phenoxy) is 1. The third kappa shape index (κ3) is 2.39. The highest BCUT2D eigenvalue weighted by atomic mass is 16.5. The second-order valence-corrected chi connectivity index (χ2v) is 3.56. The molecular weight excluding hydrogens is 176 g/mol. The lowest BCUT2D eigenvalue weighted by Gasteiger charge is -2.22. The zero-order chi connectivity index (χ0) is 9.80. The van der Waals surface area contributed by atoms with Gasteiger partial charge in [-0.05, 0) is 25.0 Å². The summed E-state index contributed by atoms with van der Waals surface area (Å²) in [7, 11) is 0. The molecule has 0 unspecified atom stereocenters. The highest BCUT2D eigenvalue weighted by Crippen LogP contribution is 2.19. The van der Waals surface area contributed by atoms with E-state index in [1.165, 1.54) is 0 Å². The Balaban J connectivity index is 1.95. The van der Waals surface area contributed by atoms with Gasteiger partial charge in [0.05, 0.1) is 0 Å². The monoisotopic (exact) mass is 191 g/mol. The van der Waals surface area contributed by atoms with Gasteiger partial charge in [0.25, 0.3) is 0 Å². The molecule has 2 N–H and O–H groups in total. The van der Waals surface area contributed by atoms with Crippen LogP contribution >= 0.6 is 0 Å². The first-order valence-corrected chi connectivity index (χ1v) is 5.00. The molecule has 0 bridgehead atoms. The van der Waals surface area contributed by atoms with E-state index in [1.54, 1.807) is 0 Å². The Kier molecular flexibility index (Phi) is 2.89. The number of piperidine rings is 1. The van der Waals surface area contributed by atoms with E-state index in [9.17, 15) is 0 Å². The van der Waals surface area contributed by atoms with Crippen LogP contribution in [0.5, 0.6) is 5.75 Å². The zero-order valence-electron chi connectivity index (χ0n) is 8.15. The quantitative estimate of drug-likeness (QED) is 0.718. The van der Waals surface area contributed by atoms with Crippen LogP contribution in [-0.4, -0.2) is 19.2 Å². The summed E-state index contributed by atoms with van der Waals surface area (Å²) in [4.78, 5) is 0. The summed E-state index contributed by atoms with van der Waals surface area (Å²) in [6, 6.07) is 7.59. The summed E-state index contributed by atoms with van der Waals surface area (Å²) in [6.45, 7) is 1.85. The third-order valence-corrected chi connectivity index (χ3v) is 2.38. The van der Waals surface area contributed by atoms with Crippen LogP contribution in [0, 0.1) is 0 Å². The average Bonchev–Trinajstić information content (AvgIpc) is 2.19. The van der Waals surface area contributed by atoms with Crippen molar-refractivity contribution in [3.63, 3.8) is 0 Å². The van der Waals surface area contributed by atoms with E-state index in [0.717, 1.165) is 37.4 Å². The third-order valence-electron chi connectivity index (χ3n) is 2.38. The van der Waals surface area contributed by atoms with Crippen LogP contribution in [0.4, 0.5) is 5.69 Å². The summed E-state index contributed by atoms with van der Waals surface area (Å²) in [6.07, 6.45) is 2.36. The molecule has 0 aromatic heterocycles. The van der Waals surface area contributed by atoms with Crippen LogP contribution in [0.25, 0.3) is 0 Å². The summed E-state index contributed by atoms with van der Waals surface area (Å²) in [5, 5.41) is 4.28. The van der Waals surface area contributed by atoms with E-state index in [0.29, 0.717) is 6.10 Å². The maximum atomic E-state index is 5.80. The predicted octanol–water partition coefficient (Wildman–Crippen LogP) is 1.41. The molecule has 1 saturated heterocycles. The molecule has 0 aliphatic carbocycles. The van der Waals surface area contributed by atoms with E-state index in [1.807, 2.05) is 24.3 Å². The molecule has 75 valence electrons. The van der Waals surface area contributed by atoms with Crippen molar-refractivity contribution in [1.29, 1.82) is 0 Å². The van der Waals surface area contributed by atoms with Gasteiger partial charge in [-0.3, -0.25) is 0 Å². The number of benzene rings is 1. The SMILES string of the molecule is Nc1cccc(OC2CC[N]CC2)c1. The number of hydrogen-bond donors (Lipinski definition) is 1. The molecule has 2 rings (SSSR count). The fraction of sp³-hybridized carbons (Fsp3) is 0.455. The van der Waals surface area contributed by atoms with Crippen LogP contribution in [0.2, 0.25) is 0 Å². The van der Waals surface area contributed by atoms with Gasteiger partial charge in [0.15, 0.2) is 0 Å². The summed E-state index contributed by atoms with van der Waals surface area (Å²) < 4.78 is 5.80. The second-order valence-electron chi connectivity index (χ2n) is 3.56. The van der Waals surface area contributed by atoms with Crippen molar-refractivity contribution in [3.8, 4) is 5.75 Å². The Morgan fingerprint density at radius 2 is 2.07 bits per heavy atom. The van der Waals surface area contributed by atoms with Crippen molar-refractivity contribution in [1.82, 2.24) is 5.32 Å². The van der Waals surface area contributed by atoms with E-state index in [-0.39, 0.29) is 0 Å². The molecule has 1 aromatic rings. The van der Waals surface area contributed by atoms with Crippen LogP contribution in [0.3, 0.4) is 0 Å². The van der Waals surface area contributed by atoms with Gasteiger partial charge in [0.2, 0.25) is 0 Å². The Bertz CT molecular complexity index is 295. The topological polar surface area (TPSA) is 49.4 Å². The number of nitrogen functional groups attached to an aromatic ring is 1. The van der Waals surface area contributed by atoms with Gasteiger partial charge in [0, 0.05) is 24.8 Å². The molecule has 0 atom stereocenters. The molecule has 1 aliphatic rings. The molecule has 1 fully saturated rings. The number of rotatable bonds is 2. The van der Waals surface area contributed by atoms with Crippen LogP contribution in [-0.2, 0) is 0 Å². The van der Waals surface area contributed by atoms with Crippen molar-refractivity contribution in [2.75, 3.05) is 18.8 Å². The molecule has 1 aromatic carbocycles. The lowest BCUT2D eigenvalue weighted by Crippen LogP contribution is -2.30. The summed E-state index contributed by atoms with van der Waals surface area (Å²) >= 11 is 0. The maximum absolute atomic E-state index is 5.80. The minimum atomic E-state index is 0.314. The molecule has 0 amide bonds. The van der Waals surface area contributed by atoms with Gasteiger partial charge in [-0.1, -0.05) is 6.07 Å². The first-order chi connectivity index (χ1) is 6.84. The molecule has 0 spiro atoms. The normalized spacial score (nSPS) is 18.0. The second kappa shape index (κ2) is 4.33. The molecule has 3 nitrogen and oxygen atoms in total. The van der Waals surface area contributed by atoms with Gasteiger partial charge in [-0.25, -0.2) is 5.32 Å². The van der Waals surface area contributed by atoms with Gasteiger partial charge < -0.3 is 10.5 Å². The molecule has 1 heterocycles. The number of nitrogens with two attached hydrogens (primary N) is 1. The first-order valence-electron chi connectivity index (χ1n) is 5.00. The van der Waals surface area contributed by atoms with Gasteiger partial charge in [-0.15, -0.1) is 0 Å². The molecule has 14 heavy (non-hydrogen) atoms. The Labute approximate surface area is 84.3 Å². The van der Waals surface area contributed by atoms with Gasteiger partial charge in [-0.2, -0.15) is 0 Å². The average molecular weight is 191 g/mol.